The second-order valence-corrected chi connectivity index (χ2v) is 6.41. The fraction of sp³-hybridized carbons (Fsp3) is 0.733. The molecule has 1 aliphatic carbocycles. The number of aromatic nitrogens is 2. The molecule has 0 radical (unpaired) electrons. The van der Waals surface area contributed by atoms with E-state index in [1.165, 1.54) is 12.8 Å². The zero-order chi connectivity index (χ0) is 14.1. The molecule has 5 heteroatoms. The van der Waals surface area contributed by atoms with Crippen LogP contribution >= 0.6 is 0 Å². The summed E-state index contributed by atoms with van der Waals surface area (Å²) in [4.78, 5) is 22.3. The van der Waals surface area contributed by atoms with Crippen LogP contribution in [0.3, 0.4) is 0 Å². The van der Waals surface area contributed by atoms with Crippen LogP contribution in [0.1, 0.15) is 44.5 Å². The first kappa shape index (κ1) is 13.6. The van der Waals surface area contributed by atoms with E-state index in [-0.39, 0.29) is 11.9 Å². The average molecular weight is 276 g/mol. The molecule has 110 valence electrons. The van der Waals surface area contributed by atoms with Crippen LogP contribution in [0.4, 0.5) is 0 Å². The molecule has 0 aromatic carbocycles. The van der Waals surface area contributed by atoms with Crippen LogP contribution in [0, 0.1) is 5.92 Å². The van der Waals surface area contributed by atoms with E-state index in [0.29, 0.717) is 24.9 Å². The first-order valence-corrected chi connectivity index (χ1v) is 7.70. The molecule has 1 aliphatic heterocycles. The maximum Gasteiger partial charge on any atom is 0.240 e. The molecule has 1 atom stereocenters. The van der Waals surface area contributed by atoms with E-state index in [0.717, 1.165) is 24.4 Å². The largest absolute Gasteiger partial charge is 0.347 e. The number of H-pyrrole nitrogens is 1. The predicted molar refractivity (Wildman–Crippen MR) is 77.1 cm³/mol. The number of nitrogens with one attached hydrogen (secondary N) is 2. The molecule has 1 fully saturated rings. The number of hydrogen-bond acceptors (Lipinski definition) is 3. The number of hydrogen-bond donors (Lipinski definition) is 2. The van der Waals surface area contributed by atoms with Crippen LogP contribution < -0.4 is 5.32 Å². The van der Waals surface area contributed by atoms with Crippen molar-refractivity contribution in [2.75, 3.05) is 6.54 Å². The fourth-order valence-electron chi connectivity index (χ4n) is 2.80. The summed E-state index contributed by atoms with van der Waals surface area (Å²) in [5.41, 5.74) is 2.16. The highest BCUT2D eigenvalue weighted by Crippen LogP contribution is 2.29. The second-order valence-electron chi connectivity index (χ2n) is 6.41. The van der Waals surface area contributed by atoms with Gasteiger partial charge >= 0.3 is 0 Å². The minimum Gasteiger partial charge on any atom is -0.347 e. The Morgan fingerprint density at radius 3 is 3.00 bits per heavy atom. The van der Waals surface area contributed by atoms with Gasteiger partial charge in [0.05, 0.1) is 23.8 Å². The summed E-state index contributed by atoms with van der Waals surface area (Å²) in [6.07, 6.45) is 5.86. The van der Waals surface area contributed by atoms with Crippen LogP contribution in [0.15, 0.2) is 6.33 Å². The monoisotopic (exact) mass is 276 g/mol. The van der Waals surface area contributed by atoms with Crippen LogP contribution in [0.5, 0.6) is 0 Å². The molecule has 5 nitrogen and oxygen atoms in total. The number of rotatable bonds is 5. The lowest BCUT2D eigenvalue weighted by Crippen LogP contribution is -2.50. The number of carbonyl (C=O) groups excluding carboxylic acids is 1. The Morgan fingerprint density at radius 2 is 2.30 bits per heavy atom. The van der Waals surface area contributed by atoms with E-state index in [9.17, 15) is 4.79 Å². The number of imidazole rings is 1. The first-order chi connectivity index (χ1) is 9.65. The minimum atomic E-state index is -0.0986. The molecule has 1 saturated carbocycles. The van der Waals surface area contributed by atoms with E-state index in [2.05, 4.69) is 34.0 Å². The SMILES string of the molecule is CC(C)CCN(C(=O)C1Cc2nc[nH]c2CN1)C1CC1. The molecule has 1 amide bonds. The van der Waals surface area contributed by atoms with Crippen molar-refractivity contribution >= 4 is 5.91 Å². The summed E-state index contributed by atoms with van der Waals surface area (Å²) in [6, 6.07) is 0.391. The summed E-state index contributed by atoms with van der Waals surface area (Å²) < 4.78 is 0. The Hall–Kier alpha value is -1.36. The van der Waals surface area contributed by atoms with E-state index in [1.807, 2.05) is 0 Å². The summed E-state index contributed by atoms with van der Waals surface area (Å²) >= 11 is 0. The van der Waals surface area contributed by atoms with Crippen molar-refractivity contribution in [1.82, 2.24) is 20.2 Å². The van der Waals surface area contributed by atoms with Crippen molar-refractivity contribution in [3.05, 3.63) is 17.7 Å². The van der Waals surface area contributed by atoms with Gasteiger partial charge in [0, 0.05) is 25.6 Å². The highest BCUT2D eigenvalue weighted by molar-refractivity contribution is 5.83. The van der Waals surface area contributed by atoms with Crippen molar-refractivity contribution < 1.29 is 4.79 Å². The normalized spacial score (nSPS) is 21.9. The van der Waals surface area contributed by atoms with Crippen molar-refractivity contribution in [3.63, 3.8) is 0 Å². The lowest BCUT2D eigenvalue weighted by Gasteiger charge is -2.30. The number of amides is 1. The average Bonchev–Trinajstić information content (AvgIpc) is 3.15. The van der Waals surface area contributed by atoms with Crippen LogP contribution in [0.25, 0.3) is 0 Å². The van der Waals surface area contributed by atoms with Gasteiger partial charge < -0.3 is 9.88 Å². The Labute approximate surface area is 120 Å². The summed E-state index contributed by atoms with van der Waals surface area (Å²) in [7, 11) is 0. The fourth-order valence-corrected chi connectivity index (χ4v) is 2.80. The Morgan fingerprint density at radius 1 is 1.50 bits per heavy atom. The van der Waals surface area contributed by atoms with Gasteiger partial charge in [0.1, 0.15) is 0 Å². The zero-order valence-electron chi connectivity index (χ0n) is 12.4. The van der Waals surface area contributed by atoms with Gasteiger partial charge in [0.15, 0.2) is 0 Å². The zero-order valence-corrected chi connectivity index (χ0v) is 12.4. The number of fused-ring (bicyclic) bond motifs is 1. The topological polar surface area (TPSA) is 61.0 Å². The smallest absolute Gasteiger partial charge is 0.240 e. The lowest BCUT2D eigenvalue weighted by atomic mass is 10.0. The van der Waals surface area contributed by atoms with Gasteiger partial charge in [0.25, 0.3) is 0 Å². The second kappa shape index (κ2) is 5.56. The summed E-state index contributed by atoms with van der Waals surface area (Å²) in [6.45, 7) is 6.04. The molecule has 2 N–H and O–H groups in total. The van der Waals surface area contributed by atoms with Crippen LogP contribution in [-0.2, 0) is 17.8 Å². The van der Waals surface area contributed by atoms with Gasteiger partial charge in [-0.25, -0.2) is 4.98 Å². The molecule has 0 spiro atoms. The standard InChI is InChI=1S/C15H24N4O/c1-10(2)5-6-19(11-3-4-11)15(20)13-7-12-14(8-16-13)18-9-17-12/h9-11,13,16H,3-8H2,1-2H3,(H,17,18). The molecule has 2 heterocycles. The third-order valence-electron chi connectivity index (χ3n) is 4.25. The molecular formula is C15H24N4O. The highest BCUT2D eigenvalue weighted by Gasteiger charge is 2.37. The molecular weight excluding hydrogens is 252 g/mol. The van der Waals surface area contributed by atoms with Gasteiger partial charge in [-0.05, 0) is 25.2 Å². The van der Waals surface area contributed by atoms with Crippen molar-refractivity contribution in [1.29, 1.82) is 0 Å². The quantitative estimate of drug-likeness (QED) is 0.856. The molecule has 20 heavy (non-hydrogen) atoms. The number of aromatic amines is 1. The molecule has 3 rings (SSSR count). The molecule has 0 bridgehead atoms. The molecule has 0 saturated heterocycles. The molecule has 1 aromatic rings. The Kier molecular flexibility index (Phi) is 3.78. The van der Waals surface area contributed by atoms with Crippen LogP contribution in [-0.4, -0.2) is 39.4 Å². The first-order valence-electron chi connectivity index (χ1n) is 7.70. The van der Waals surface area contributed by atoms with E-state index >= 15 is 0 Å². The van der Waals surface area contributed by atoms with Gasteiger partial charge in [-0.3, -0.25) is 10.1 Å². The maximum atomic E-state index is 12.7. The summed E-state index contributed by atoms with van der Waals surface area (Å²) in [5.74, 6) is 0.906. The van der Waals surface area contributed by atoms with Crippen molar-refractivity contribution in [2.24, 2.45) is 5.92 Å². The maximum absolute atomic E-state index is 12.7. The Bertz CT molecular complexity index is 478. The molecule has 2 aliphatic rings. The number of carbonyl (C=O) groups is 1. The third-order valence-corrected chi connectivity index (χ3v) is 4.25. The van der Waals surface area contributed by atoms with E-state index < -0.39 is 0 Å². The minimum absolute atomic E-state index is 0.0986. The van der Waals surface area contributed by atoms with E-state index in [4.69, 9.17) is 0 Å². The van der Waals surface area contributed by atoms with Gasteiger partial charge in [-0.2, -0.15) is 0 Å². The summed E-state index contributed by atoms with van der Waals surface area (Å²) in [5, 5.41) is 3.35. The van der Waals surface area contributed by atoms with Crippen molar-refractivity contribution in [3.8, 4) is 0 Å². The van der Waals surface area contributed by atoms with Gasteiger partial charge in [-0.1, -0.05) is 13.8 Å². The van der Waals surface area contributed by atoms with Gasteiger partial charge in [-0.15, -0.1) is 0 Å². The number of nitrogens with zero attached hydrogens (tertiary/aromatic N) is 2. The predicted octanol–water partition coefficient (Wildman–Crippen LogP) is 1.46. The lowest BCUT2D eigenvalue weighted by molar-refractivity contribution is -0.134. The highest BCUT2D eigenvalue weighted by atomic mass is 16.2. The van der Waals surface area contributed by atoms with Gasteiger partial charge in [0.2, 0.25) is 5.91 Å². The third kappa shape index (κ3) is 2.87. The molecule has 1 aromatic heterocycles. The van der Waals surface area contributed by atoms with Crippen LogP contribution in [0.2, 0.25) is 0 Å². The Balaban J connectivity index is 1.64. The van der Waals surface area contributed by atoms with E-state index in [1.54, 1.807) is 6.33 Å². The van der Waals surface area contributed by atoms with Crippen molar-refractivity contribution in [2.45, 2.75) is 58.2 Å². The molecule has 1 unspecified atom stereocenters.